The van der Waals surface area contributed by atoms with E-state index in [0.717, 1.165) is 44.5 Å². The third-order valence-electron chi connectivity index (χ3n) is 15.1. The standard InChI is InChI=1S/4C18H16O5.12Sg/c19-8-11-1-3-13(4-2-11)16-7-15(22)18-14(10-21)5-12(9-20)6-17(18)23-16;19-8-11-1-3-13(4-2-11)17-7-16(22)15-6-12(9-20)5-14(10-21)18(15)23-17;19-8-11-1-3-12(4-2-11)13-5-15(10-21)18-16(6-13)14(9-20)7-17(22)23-18;19-8-11-1-3-12(4-2-11)13-5-14(9-20)18-15(10-21)7-17(22)23-16(18)6-13;;;;;;;;;;;;/h4*1-7,19-21H,8-10H2;;;;;;;;;;;;. The van der Waals surface area contributed by atoms with Gasteiger partial charge in [0.25, 0.3) is 0 Å². The van der Waals surface area contributed by atoms with Crippen LogP contribution in [0.2, 0.25) is 0 Å². The van der Waals surface area contributed by atoms with Crippen LogP contribution in [0, 0.1) is 0 Å². The molecular formula is C72H64O20Sg12. The van der Waals surface area contributed by atoms with Gasteiger partial charge >= 0.3 is 11.3 Å². The molecule has 8 aromatic carbocycles. The molecule has 4 aromatic heterocycles. The molecule has 12 rings (SSSR count). The van der Waals surface area contributed by atoms with Crippen molar-refractivity contribution in [2.75, 3.05) is 0 Å². The number of benzene rings is 8. The Balaban J connectivity index is -0.000000617. The van der Waals surface area contributed by atoms with Gasteiger partial charge in [-0.15, -0.1) is 0 Å². The number of aliphatic hydroxyl groups is 12. The van der Waals surface area contributed by atoms with Gasteiger partial charge in [0.15, 0.2) is 10.9 Å². The van der Waals surface area contributed by atoms with Crippen LogP contribution in [0.1, 0.15) is 66.8 Å². The van der Waals surface area contributed by atoms with Gasteiger partial charge in [-0.25, -0.2) is 9.59 Å². The Bertz CT molecular complexity index is 4850. The predicted molar refractivity (Wildman–Crippen MR) is 343 cm³/mol. The van der Waals surface area contributed by atoms with Crippen LogP contribution in [0.4, 0.5) is 0 Å². The Morgan fingerprint density at radius 2 is 0.548 bits per heavy atom. The van der Waals surface area contributed by atoms with Gasteiger partial charge in [-0.1, -0.05) is 103 Å². The maximum absolute atomic E-state index is 12.4. The van der Waals surface area contributed by atoms with Crippen molar-refractivity contribution in [1.29, 1.82) is 0 Å². The summed E-state index contributed by atoms with van der Waals surface area (Å²) in [7, 11) is 0. The van der Waals surface area contributed by atoms with E-state index in [-0.39, 0.29) is 90.1 Å². The van der Waals surface area contributed by atoms with Gasteiger partial charge < -0.3 is 78.9 Å². The van der Waals surface area contributed by atoms with Gasteiger partial charge in [-0.05, 0) is 120 Å². The molecule has 20 nitrogen and oxygen atoms in total. The van der Waals surface area contributed by atoms with Crippen LogP contribution in [-0.4, -0.2) is 61.3 Å². The van der Waals surface area contributed by atoms with Crippen LogP contribution in [0.25, 0.3) is 88.8 Å². The normalized spacial score (nSPS) is 9.81. The van der Waals surface area contributed by atoms with Crippen molar-refractivity contribution in [2.24, 2.45) is 0 Å². The van der Waals surface area contributed by atoms with Crippen molar-refractivity contribution >= 4 is 43.9 Å². The molecular weight excluding hydrogens is 4410 g/mol. The second-order valence-corrected chi connectivity index (χ2v) is 21.1. The average molecular weight is 4480 g/mol. The molecule has 496 valence electrons. The first-order valence-electron chi connectivity index (χ1n) is 28.7. The minimum absolute atomic E-state index is 0. The van der Waals surface area contributed by atoms with Crippen LogP contribution in [0.15, 0.2) is 207 Å². The van der Waals surface area contributed by atoms with Crippen LogP contribution in [0.5, 0.6) is 0 Å². The van der Waals surface area contributed by atoms with Crippen LogP contribution >= 0.6 is 0 Å². The summed E-state index contributed by atoms with van der Waals surface area (Å²) in [5.74, 6) is 0.782. The molecule has 0 atom stereocenters. The Labute approximate surface area is 522 Å². The summed E-state index contributed by atoms with van der Waals surface area (Å²) < 4.78 is 22.1. The molecule has 0 radical (unpaired) electrons. The molecule has 0 saturated heterocycles. The first kappa shape index (κ1) is 88.5. The summed E-state index contributed by atoms with van der Waals surface area (Å²) in [4.78, 5) is 48.0. The van der Waals surface area contributed by atoms with E-state index in [2.05, 4.69) is 0 Å². The van der Waals surface area contributed by atoms with Crippen LogP contribution in [0.3, 0.4) is 0 Å². The Hall–Kier alpha value is -21.9. The van der Waals surface area contributed by atoms with E-state index in [0.29, 0.717) is 111 Å². The van der Waals surface area contributed by atoms with Gasteiger partial charge in [0.05, 0.1) is 90.1 Å². The third kappa shape index (κ3) is 17.3. The number of aliphatic hydroxyl groups excluding tert-OH is 12. The maximum Gasteiger partial charge on any atom is 0.336 e. The molecule has 0 aliphatic heterocycles. The Morgan fingerprint density at radius 3 is 0.990 bits per heavy atom. The summed E-state index contributed by atoms with van der Waals surface area (Å²) in [5.41, 5.74) is 11.6. The summed E-state index contributed by atoms with van der Waals surface area (Å²) in [6.07, 6.45) is 0. The molecule has 32 heteroatoms. The molecule has 104 heavy (non-hydrogen) atoms. The van der Waals surface area contributed by atoms with Crippen molar-refractivity contribution in [3.05, 3.63) is 278 Å². The van der Waals surface area contributed by atoms with Crippen molar-refractivity contribution in [3.63, 3.8) is 0 Å². The van der Waals surface area contributed by atoms with E-state index in [9.17, 15) is 60.0 Å². The van der Waals surface area contributed by atoms with E-state index in [1.807, 2.05) is 42.5 Å². The fourth-order valence-electron chi connectivity index (χ4n) is 10.4. The molecule has 0 spiro atoms. The van der Waals surface area contributed by atoms with Gasteiger partial charge in [-0.3, -0.25) is 9.59 Å². The molecule has 0 amide bonds. The van der Waals surface area contributed by atoms with Gasteiger partial charge in [0.2, 0.25) is 0 Å². The zero-order valence-electron chi connectivity index (χ0n) is 57.8. The van der Waals surface area contributed by atoms with Crippen molar-refractivity contribution in [2.45, 2.75) is 79.3 Å². The summed E-state index contributed by atoms with van der Waals surface area (Å²) >= 11 is 0. The molecule has 12 N–H and O–H groups in total. The molecule has 0 fully saturated rings. The zero-order chi connectivity index (χ0) is 65.6. The molecule has 4 heterocycles. The zero-order valence-corrected chi connectivity index (χ0v) is 135. The summed E-state index contributed by atoms with van der Waals surface area (Å²) in [6.45, 7) is -2.30. The van der Waals surface area contributed by atoms with Crippen molar-refractivity contribution < 1.29 is 78.9 Å². The molecule has 12 aromatic rings. The van der Waals surface area contributed by atoms with Crippen molar-refractivity contribution in [1.82, 2.24) is 0 Å². The monoisotopic (exact) mass is 4500 g/mol. The average Bonchev–Trinajstić information content (AvgIpc) is 0.804. The van der Waals surface area contributed by atoms with E-state index in [1.165, 1.54) is 24.3 Å². The largest absolute Gasteiger partial charge is 0.456 e. The molecule has 0 unspecified atom stereocenters. The van der Waals surface area contributed by atoms with Gasteiger partial charge in [-0.2, -0.15) is 0 Å². The van der Waals surface area contributed by atoms with Crippen LogP contribution in [-0.2, 0) is 79.3 Å². The van der Waals surface area contributed by atoms with Crippen molar-refractivity contribution in [3.8, 4) is 44.9 Å². The number of hydrogen-bond acceptors (Lipinski definition) is 20. The summed E-state index contributed by atoms with van der Waals surface area (Å²) in [5, 5.41) is 114. The third-order valence-corrected chi connectivity index (χ3v) is 15.1. The SMILES string of the molecule is O=c1cc(-c2ccc(CO)cc2)oc2c(CO)cc(CO)cc12.O=c1cc(-c2ccc(CO)cc2)oc2cc(CO)cc(CO)c12.O=c1cc(CO)c2c(CO)cc(-c3ccc(CO)cc3)cc2o1.O=c1cc(CO)c2cc(-c3ccc(CO)cc3)cc(CO)c2o1.[Sg].[Sg].[Sg].[Sg].[Sg].[Sg].[Sg].[Sg].[Sg].[Sg].[Sg].[Sg]. The Kier molecular flexibility index (Phi) is 31.8. The quantitative estimate of drug-likeness (QED) is 0.0411. The first-order chi connectivity index (χ1) is 44.6. The molecule has 0 saturated carbocycles. The topological polar surface area (TPSA) is 364 Å². The maximum atomic E-state index is 12.4. The fourth-order valence-corrected chi connectivity index (χ4v) is 10.4. The summed E-state index contributed by atoms with van der Waals surface area (Å²) in [6, 6.07) is 47.4. The molecule has 0 aliphatic rings. The van der Waals surface area contributed by atoms with Crippen LogP contribution < -0.4 is 22.1 Å². The van der Waals surface area contributed by atoms with E-state index in [4.69, 9.17) is 38.1 Å². The number of hydrogen-bond donors (Lipinski definition) is 12. The fraction of sp³-hybridized carbons (Fsp3) is 0.167. The first-order valence-corrected chi connectivity index (χ1v) is 28.7. The van der Waals surface area contributed by atoms with E-state index >= 15 is 0 Å². The van der Waals surface area contributed by atoms with Gasteiger partial charge in [0.1, 0.15) is 33.9 Å². The number of fused-ring (bicyclic) bond motifs is 4. The van der Waals surface area contributed by atoms with Gasteiger partial charge in [0, 0.05) is 57.3 Å². The number of rotatable bonds is 16. The molecule has 0 bridgehead atoms. The van der Waals surface area contributed by atoms with E-state index in [1.54, 1.807) is 103 Å². The predicted octanol–water partition coefficient (Wildman–Crippen LogP) is 7.75. The minimum atomic E-state index is -0.559. The smallest absolute Gasteiger partial charge is 0.336 e. The second kappa shape index (κ2) is 37.3. The van der Waals surface area contributed by atoms with E-state index < -0.39 is 11.3 Å². The second-order valence-electron chi connectivity index (χ2n) is 21.1. The minimum Gasteiger partial charge on any atom is -0.456 e. The Morgan fingerprint density at radius 1 is 0.221 bits per heavy atom. The molecule has 0 aliphatic carbocycles.